The lowest BCUT2D eigenvalue weighted by Gasteiger charge is -2.40. The number of quaternary nitrogens is 1. The average molecular weight is 673 g/mol. The molecule has 2 aromatic rings. The minimum absolute atomic E-state index is 0. The molecule has 1 heterocycles. The molecular formula is C31H49IN2O4S. The number of sulfone groups is 1. The summed E-state index contributed by atoms with van der Waals surface area (Å²) in [6.07, 6.45) is 4.27. The predicted octanol–water partition coefficient (Wildman–Crippen LogP) is 2.49. The Kier molecular flexibility index (Phi) is 12.2. The summed E-state index contributed by atoms with van der Waals surface area (Å²) in [4.78, 5) is 2.33. The first-order valence-corrected chi connectivity index (χ1v) is 15.7. The van der Waals surface area contributed by atoms with Crippen molar-refractivity contribution in [2.45, 2.75) is 69.3 Å². The summed E-state index contributed by atoms with van der Waals surface area (Å²) < 4.78 is 34.7. The number of nitrogens with zero attached hydrogens (tertiary/aromatic N) is 2. The van der Waals surface area contributed by atoms with E-state index in [1.54, 1.807) is 6.07 Å². The third-order valence-electron chi connectivity index (χ3n) is 7.93. The van der Waals surface area contributed by atoms with Gasteiger partial charge < -0.3 is 43.2 Å². The topological polar surface area (TPSA) is 66.8 Å². The Balaban J connectivity index is 0.00000533. The maximum Gasteiger partial charge on any atom is 0.179 e. The van der Waals surface area contributed by atoms with Gasteiger partial charge in [-0.3, -0.25) is 0 Å². The molecule has 8 heteroatoms. The Morgan fingerprint density at radius 1 is 1.00 bits per heavy atom. The molecule has 1 N–H and O–H groups in total. The van der Waals surface area contributed by atoms with Crippen molar-refractivity contribution in [3.05, 3.63) is 53.6 Å². The minimum Gasteiger partial charge on any atom is -1.00 e. The van der Waals surface area contributed by atoms with Crippen LogP contribution in [0.4, 0.5) is 5.69 Å². The molecule has 2 aromatic carbocycles. The van der Waals surface area contributed by atoms with E-state index in [1.165, 1.54) is 0 Å². The van der Waals surface area contributed by atoms with Crippen LogP contribution >= 0.6 is 0 Å². The average Bonchev–Trinajstić information content (AvgIpc) is 2.92. The van der Waals surface area contributed by atoms with E-state index in [2.05, 4.69) is 35.0 Å². The van der Waals surface area contributed by atoms with Gasteiger partial charge in [0.2, 0.25) is 0 Å². The number of aliphatic hydroxyl groups excluding tert-OH is 1. The molecule has 0 saturated carbocycles. The Morgan fingerprint density at radius 2 is 1.59 bits per heavy atom. The van der Waals surface area contributed by atoms with E-state index in [9.17, 15) is 13.5 Å². The second-order valence-corrected chi connectivity index (χ2v) is 14.3. The molecule has 39 heavy (non-hydrogen) atoms. The van der Waals surface area contributed by atoms with Crippen molar-refractivity contribution in [2.24, 2.45) is 5.41 Å². The normalized spacial score (nSPS) is 19.9. The Morgan fingerprint density at radius 3 is 2.10 bits per heavy atom. The van der Waals surface area contributed by atoms with Crippen molar-refractivity contribution >= 4 is 15.5 Å². The Labute approximate surface area is 254 Å². The van der Waals surface area contributed by atoms with Crippen molar-refractivity contribution in [3.8, 4) is 5.75 Å². The summed E-state index contributed by atoms with van der Waals surface area (Å²) in [5.41, 5.74) is 1.83. The van der Waals surface area contributed by atoms with E-state index in [0.29, 0.717) is 29.9 Å². The van der Waals surface area contributed by atoms with Crippen molar-refractivity contribution in [1.29, 1.82) is 0 Å². The van der Waals surface area contributed by atoms with Crippen LogP contribution in [0.15, 0.2) is 47.4 Å². The molecule has 6 nitrogen and oxygen atoms in total. The number of anilines is 1. The smallest absolute Gasteiger partial charge is 0.179 e. The van der Waals surface area contributed by atoms with Gasteiger partial charge in [0, 0.05) is 31.1 Å². The highest BCUT2D eigenvalue weighted by atomic mass is 127. The number of hydrogen-bond donors (Lipinski definition) is 1. The van der Waals surface area contributed by atoms with Crippen LogP contribution in [0.5, 0.6) is 5.75 Å². The van der Waals surface area contributed by atoms with Crippen molar-refractivity contribution in [2.75, 3.05) is 59.0 Å². The zero-order valence-electron chi connectivity index (χ0n) is 24.9. The standard InChI is InChI=1S/C31H49N2O4S.HI/c1-8-10-18-31(19-11-9-2)23-38(35,36)28-17-14-25(32(3)4)22-27(28)29(30(31)34)24-12-15-26(16-13-24)37-21-20-33(5,6)7;/h12-17,22,29-30,34H,8-11,18-21,23H2,1-7H3;1H/q+1;/p-1/t29-,30-;/m1./s1. The first-order chi connectivity index (χ1) is 17.8. The Bertz CT molecular complexity index is 1150. The van der Waals surface area contributed by atoms with Gasteiger partial charge in [0.15, 0.2) is 9.84 Å². The number of benzene rings is 2. The molecule has 1 aliphatic rings. The van der Waals surface area contributed by atoms with Crippen molar-refractivity contribution in [3.63, 3.8) is 0 Å². The summed E-state index contributed by atoms with van der Waals surface area (Å²) in [5, 5.41) is 12.3. The molecule has 0 radical (unpaired) electrons. The van der Waals surface area contributed by atoms with E-state index in [0.717, 1.165) is 53.7 Å². The molecule has 0 unspecified atom stereocenters. The number of likely N-dealkylation sites (N-methyl/N-ethyl adjacent to an activating group) is 1. The summed E-state index contributed by atoms with van der Waals surface area (Å²) in [6, 6.07) is 13.5. The number of hydrogen-bond acceptors (Lipinski definition) is 5. The van der Waals surface area contributed by atoms with Crippen LogP contribution in [0.25, 0.3) is 0 Å². The van der Waals surface area contributed by atoms with Crippen LogP contribution in [0, 0.1) is 5.41 Å². The van der Waals surface area contributed by atoms with Crippen LogP contribution < -0.4 is 33.6 Å². The van der Waals surface area contributed by atoms with E-state index in [1.807, 2.05) is 55.4 Å². The molecule has 0 aromatic heterocycles. The number of rotatable bonds is 12. The number of halogens is 1. The van der Waals surface area contributed by atoms with E-state index in [-0.39, 0.29) is 29.7 Å². The third-order valence-corrected chi connectivity index (χ3v) is 9.92. The number of ether oxygens (including phenoxy) is 1. The first kappa shape index (κ1) is 33.8. The molecule has 0 aliphatic carbocycles. The molecule has 0 spiro atoms. The fourth-order valence-electron chi connectivity index (χ4n) is 5.60. The van der Waals surface area contributed by atoms with Gasteiger partial charge in [-0.05, 0) is 54.3 Å². The van der Waals surface area contributed by atoms with E-state index in [4.69, 9.17) is 4.74 Å². The van der Waals surface area contributed by atoms with Crippen LogP contribution in [0.2, 0.25) is 0 Å². The van der Waals surface area contributed by atoms with E-state index >= 15 is 0 Å². The molecule has 0 saturated heterocycles. The quantitative estimate of drug-likeness (QED) is 0.278. The summed E-state index contributed by atoms with van der Waals surface area (Å²) in [7, 11) is 6.71. The SMILES string of the molecule is CCCCC1(CCCC)CS(=O)(=O)c2ccc(N(C)C)cc2[C@@H](c2ccc(OCC[N+](C)(C)C)cc2)[C@H]1O.[I-]. The zero-order chi connectivity index (χ0) is 28.1. The van der Waals surface area contributed by atoms with Crippen LogP contribution in [-0.2, 0) is 9.84 Å². The zero-order valence-corrected chi connectivity index (χ0v) is 27.9. The predicted molar refractivity (Wildman–Crippen MR) is 157 cm³/mol. The molecule has 1 aliphatic heterocycles. The number of fused-ring (bicyclic) bond motifs is 1. The highest BCUT2D eigenvalue weighted by Gasteiger charge is 2.49. The second kappa shape index (κ2) is 14.0. The molecule has 2 atom stereocenters. The number of aliphatic hydroxyl groups is 1. The van der Waals surface area contributed by atoms with Gasteiger partial charge in [-0.15, -0.1) is 0 Å². The van der Waals surface area contributed by atoms with Gasteiger partial charge in [0.05, 0.1) is 37.9 Å². The van der Waals surface area contributed by atoms with Crippen LogP contribution in [-0.4, -0.2) is 78.3 Å². The fraction of sp³-hybridized carbons (Fsp3) is 0.613. The minimum atomic E-state index is -3.60. The second-order valence-electron chi connectivity index (χ2n) is 12.3. The molecule has 3 rings (SSSR count). The van der Waals surface area contributed by atoms with E-state index < -0.39 is 27.3 Å². The molecule has 0 amide bonds. The van der Waals surface area contributed by atoms with Crippen molar-refractivity contribution < 1.29 is 46.7 Å². The largest absolute Gasteiger partial charge is 1.00 e. The lowest BCUT2D eigenvalue weighted by molar-refractivity contribution is -0.870. The molecule has 0 fully saturated rings. The molecular weight excluding hydrogens is 623 g/mol. The lowest BCUT2D eigenvalue weighted by atomic mass is 9.68. The number of unbranched alkanes of at least 4 members (excludes halogenated alkanes) is 2. The van der Waals surface area contributed by atoms with Gasteiger partial charge in [0.1, 0.15) is 18.9 Å². The van der Waals surface area contributed by atoms with Crippen molar-refractivity contribution in [1.82, 2.24) is 0 Å². The highest BCUT2D eigenvalue weighted by molar-refractivity contribution is 7.91. The summed E-state index contributed by atoms with van der Waals surface area (Å²) >= 11 is 0. The molecule has 0 bridgehead atoms. The monoisotopic (exact) mass is 672 g/mol. The van der Waals surface area contributed by atoms with Crippen LogP contribution in [0.3, 0.4) is 0 Å². The van der Waals surface area contributed by atoms with Gasteiger partial charge in [-0.2, -0.15) is 0 Å². The first-order valence-electron chi connectivity index (χ1n) is 14.1. The maximum absolute atomic E-state index is 13.9. The highest BCUT2D eigenvalue weighted by Crippen LogP contribution is 2.50. The van der Waals surface area contributed by atoms with Gasteiger partial charge in [0.25, 0.3) is 0 Å². The van der Waals surface area contributed by atoms with Gasteiger partial charge in [-0.1, -0.05) is 51.7 Å². The molecule has 220 valence electrons. The fourth-order valence-corrected chi connectivity index (χ4v) is 7.79. The lowest BCUT2D eigenvalue weighted by Crippen LogP contribution is -3.00. The third kappa shape index (κ3) is 8.33. The Hall–Kier alpha value is -1.36. The van der Waals surface area contributed by atoms with Gasteiger partial charge in [-0.25, -0.2) is 8.42 Å². The van der Waals surface area contributed by atoms with Gasteiger partial charge >= 0.3 is 0 Å². The maximum atomic E-state index is 13.9. The van der Waals surface area contributed by atoms with Crippen LogP contribution in [0.1, 0.15) is 69.4 Å². The summed E-state index contributed by atoms with van der Waals surface area (Å²) in [6.45, 7) is 5.74. The summed E-state index contributed by atoms with van der Waals surface area (Å²) in [5.74, 6) is 0.317.